The summed E-state index contributed by atoms with van der Waals surface area (Å²) in [6.07, 6.45) is -3.20. The molecule has 2 nitrogen and oxygen atoms in total. The van der Waals surface area contributed by atoms with Crippen molar-refractivity contribution in [2.75, 3.05) is 0 Å². The predicted molar refractivity (Wildman–Crippen MR) is 135 cm³/mol. The quantitative estimate of drug-likeness (QED) is 0.232. The van der Waals surface area contributed by atoms with Gasteiger partial charge in [-0.05, 0) is 65.2 Å². The zero-order valence-corrected chi connectivity index (χ0v) is 20.9. The third kappa shape index (κ3) is 6.01. The minimum absolute atomic E-state index is 0.0478. The fraction of sp³-hybridized carbons (Fsp3) is 0.148. The van der Waals surface area contributed by atoms with Crippen LogP contribution in [0.25, 0.3) is 0 Å². The molecule has 0 radical (unpaired) electrons. The number of benzene rings is 3. The van der Waals surface area contributed by atoms with E-state index < -0.39 is 23.1 Å². The number of rotatable bonds is 7. The highest BCUT2D eigenvalue weighted by molar-refractivity contribution is 6.33. The molecule has 0 aliphatic carbocycles. The summed E-state index contributed by atoms with van der Waals surface area (Å²) >= 11 is 18.6. The van der Waals surface area contributed by atoms with Crippen molar-refractivity contribution < 1.29 is 17.6 Å². The minimum Gasteiger partial charge on any atom is -0.298 e. The Morgan fingerprint density at radius 1 is 0.778 bits per heavy atom. The molecule has 0 spiro atoms. The Kier molecular flexibility index (Phi) is 7.90. The lowest BCUT2D eigenvalue weighted by molar-refractivity contribution is -0.137. The van der Waals surface area contributed by atoms with Crippen LogP contribution in [0.2, 0.25) is 15.1 Å². The van der Waals surface area contributed by atoms with Crippen molar-refractivity contribution in [3.8, 4) is 0 Å². The van der Waals surface area contributed by atoms with Crippen LogP contribution in [0.4, 0.5) is 17.6 Å². The van der Waals surface area contributed by atoms with Crippen molar-refractivity contribution in [2.45, 2.75) is 24.7 Å². The van der Waals surface area contributed by atoms with Gasteiger partial charge < -0.3 is 0 Å². The molecule has 0 saturated carbocycles. The Balaban J connectivity index is 1.94. The van der Waals surface area contributed by atoms with Crippen LogP contribution < -0.4 is 5.32 Å². The lowest BCUT2D eigenvalue weighted by Gasteiger charge is -2.36. The molecule has 186 valence electrons. The molecule has 0 fully saturated rings. The monoisotopic (exact) mass is 552 g/mol. The van der Waals surface area contributed by atoms with Crippen LogP contribution in [0.15, 0.2) is 85.1 Å². The highest BCUT2D eigenvalue weighted by atomic mass is 35.5. The zero-order valence-electron chi connectivity index (χ0n) is 18.6. The highest BCUT2D eigenvalue weighted by Gasteiger charge is 2.39. The minimum atomic E-state index is -4.75. The van der Waals surface area contributed by atoms with Gasteiger partial charge in [-0.15, -0.1) is 0 Å². The summed E-state index contributed by atoms with van der Waals surface area (Å²) in [7, 11) is 0. The van der Waals surface area contributed by atoms with Crippen molar-refractivity contribution in [3.63, 3.8) is 0 Å². The van der Waals surface area contributed by atoms with Crippen molar-refractivity contribution in [1.82, 2.24) is 10.3 Å². The molecule has 9 heteroatoms. The van der Waals surface area contributed by atoms with Gasteiger partial charge in [0.05, 0.1) is 21.8 Å². The first-order valence-corrected chi connectivity index (χ1v) is 11.9. The number of alkyl halides is 3. The number of aromatic nitrogens is 1. The van der Waals surface area contributed by atoms with E-state index in [1.807, 2.05) is 30.3 Å². The number of nitrogens with one attached hydrogen (secondary N) is 1. The van der Waals surface area contributed by atoms with Crippen LogP contribution in [0.3, 0.4) is 0 Å². The van der Waals surface area contributed by atoms with E-state index in [1.165, 1.54) is 6.20 Å². The molecule has 1 atom stereocenters. The Bertz CT molecular complexity index is 1350. The van der Waals surface area contributed by atoms with Gasteiger partial charge in [0.1, 0.15) is 5.82 Å². The van der Waals surface area contributed by atoms with E-state index in [9.17, 15) is 17.6 Å². The van der Waals surface area contributed by atoms with E-state index in [1.54, 1.807) is 30.3 Å². The molecule has 1 N–H and O–H groups in total. The fourth-order valence-corrected chi connectivity index (χ4v) is 4.54. The zero-order chi connectivity index (χ0) is 25.9. The molecule has 0 aliphatic heterocycles. The molecular weight excluding hydrogens is 535 g/mol. The lowest BCUT2D eigenvalue weighted by Crippen LogP contribution is -2.46. The molecule has 0 saturated heterocycles. The molecule has 4 aromatic rings. The van der Waals surface area contributed by atoms with Gasteiger partial charge in [-0.25, -0.2) is 4.39 Å². The molecule has 0 amide bonds. The molecule has 1 unspecified atom stereocenters. The summed E-state index contributed by atoms with van der Waals surface area (Å²) < 4.78 is 55.8. The van der Waals surface area contributed by atoms with Crippen molar-refractivity contribution in [2.24, 2.45) is 0 Å². The molecule has 3 aromatic carbocycles. The Morgan fingerprint density at radius 2 is 1.47 bits per heavy atom. The smallest absolute Gasteiger partial charge is 0.298 e. The van der Waals surface area contributed by atoms with Crippen molar-refractivity contribution in [1.29, 1.82) is 0 Å². The first-order valence-electron chi connectivity index (χ1n) is 10.8. The first kappa shape index (κ1) is 26.4. The van der Waals surface area contributed by atoms with Gasteiger partial charge >= 0.3 is 6.18 Å². The molecule has 4 rings (SSSR count). The number of nitrogens with zero attached hydrogens (tertiary/aromatic N) is 1. The van der Waals surface area contributed by atoms with E-state index >= 15 is 0 Å². The van der Waals surface area contributed by atoms with Gasteiger partial charge in [0.2, 0.25) is 0 Å². The second kappa shape index (κ2) is 10.8. The van der Waals surface area contributed by atoms with Crippen LogP contribution >= 0.6 is 34.8 Å². The summed E-state index contributed by atoms with van der Waals surface area (Å²) in [5, 5.41) is 4.55. The van der Waals surface area contributed by atoms with Crippen LogP contribution in [-0.2, 0) is 24.7 Å². The fourth-order valence-electron chi connectivity index (χ4n) is 4.05. The average molecular weight is 554 g/mol. The summed E-state index contributed by atoms with van der Waals surface area (Å²) in [6.45, 7) is 0.106. The highest BCUT2D eigenvalue weighted by Crippen LogP contribution is 2.38. The van der Waals surface area contributed by atoms with Gasteiger partial charge in [0, 0.05) is 29.2 Å². The average Bonchev–Trinajstić information content (AvgIpc) is 2.84. The molecule has 1 aromatic heterocycles. The van der Waals surface area contributed by atoms with E-state index in [-0.39, 0.29) is 18.5 Å². The maximum absolute atomic E-state index is 14.7. The lowest BCUT2D eigenvalue weighted by atomic mass is 9.79. The number of hydrogen-bond acceptors (Lipinski definition) is 2. The maximum atomic E-state index is 14.7. The molecule has 0 aliphatic rings. The summed E-state index contributed by atoms with van der Waals surface area (Å²) in [5.41, 5.74) is -0.690. The third-order valence-corrected chi connectivity index (χ3v) is 6.61. The second-order valence-electron chi connectivity index (χ2n) is 8.24. The predicted octanol–water partition coefficient (Wildman–Crippen LogP) is 8.48. The van der Waals surface area contributed by atoms with Gasteiger partial charge in [-0.1, -0.05) is 65.1 Å². The molecular formula is C27H19Cl3F4N2. The van der Waals surface area contributed by atoms with Crippen LogP contribution in [-0.4, -0.2) is 4.98 Å². The largest absolute Gasteiger partial charge is 0.416 e. The molecule has 36 heavy (non-hydrogen) atoms. The number of hydrogen-bond donors (Lipinski definition) is 1. The second-order valence-corrected chi connectivity index (χ2v) is 9.53. The maximum Gasteiger partial charge on any atom is 0.416 e. The number of halogens is 7. The first-order chi connectivity index (χ1) is 17.1. The summed E-state index contributed by atoms with van der Waals surface area (Å²) in [4.78, 5) is 4.44. The van der Waals surface area contributed by atoms with Gasteiger partial charge in [0.25, 0.3) is 0 Å². The molecule has 0 bridgehead atoms. The van der Waals surface area contributed by atoms with Gasteiger partial charge in [0.15, 0.2) is 0 Å². The summed E-state index contributed by atoms with van der Waals surface area (Å²) in [6, 6.07) is 19.7. The van der Waals surface area contributed by atoms with E-state index in [4.69, 9.17) is 34.8 Å². The standard InChI is InChI=1S/C27H19Cl3F4N2/c28-21-6-8-24(30)18(10-21)15-36-26(14-17-4-2-1-3-5-17,25-9-7-22(29)16-35-25)19-11-20(27(32,33)34)13-23(31)12-19/h1-13,16,36H,14-15H2. The normalized spacial score (nSPS) is 13.4. The number of pyridine rings is 1. The SMILES string of the molecule is Fc1cc(C(F)(F)F)cc(C(Cc2ccccc2)(NCc2cc(Cl)ccc2Cl)c2ccc(Cl)cn2)c1. The van der Waals surface area contributed by atoms with E-state index in [2.05, 4.69) is 10.3 Å². The van der Waals surface area contributed by atoms with Gasteiger partial charge in [-0.2, -0.15) is 13.2 Å². The Hall–Kier alpha value is -2.64. The van der Waals surface area contributed by atoms with Crippen molar-refractivity contribution >= 4 is 34.8 Å². The molecule has 1 heterocycles. The van der Waals surface area contributed by atoms with Crippen LogP contribution in [0.1, 0.15) is 27.9 Å². The topological polar surface area (TPSA) is 24.9 Å². The Morgan fingerprint density at radius 3 is 2.14 bits per heavy atom. The van der Waals surface area contributed by atoms with E-state index in [0.717, 1.165) is 17.7 Å². The van der Waals surface area contributed by atoms with E-state index in [0.29, 0.717) is 32.4 Å². The van der Waals surface area contributed by atoms with Gasteiger partial charge in [-0.3, -0.25) is 10.3 Å². The third-order valence-electron chi connectivity index (χ3n) is 5.78. The van der Waals surface area contributed by atoms with Crippen LogP contribution in [0.5, 0.6) is 0 Å². The Labute approximate surface area is 220 Å². The summed E-state index contributed by atoms with van der Waals surface area (Å²) in [5.74, 6) is -1.02. The van der Waals surface area contributed by atoms with Crippen LogP contribution in [0, 0.1) is 5.82 Å². The van der Waals surface area contributed by atoms with Crippen molar-refractivity contribution in [3.05, 3.63) is 134 Å².